The van der Waals surface area contributed by atoms with Crippen LogP contribution in [-0.2, 0) is 19.2 Å². The van der Waals surface area contributed by atoms with Gasteiger partial charge in [0.2, 0.25) is 23.6 Å². The first-order valence-corrected chi connectivity index (χ1v) is 16.3. The van der Waals surface area contributed by atoms with Gasteiger partial charge in [-0.05, 0) is 83.6 Å². The Morgan fingerprint density at radius 1 is 0.857 bits per heavy atom. The summed E-state index contributed by atoms with van der Waals surface area (Å²) in [7, 11) is 1.76. The minimum Gasteiger partial charge on any atom is -0.352 e. The van der Waals surface area contributed by atoms with E-state index in [9.17, 15) is 19.2 Å². The van der Waals surface area contributed by atoms with Crippen LogP contribution in [0, 0.1) is 11.3 Å². The lowest BCUT2D eigenvalue weighted by Crippen LogP contribution is -2.60. The third-order valence-corrected chi connectivity index (χ3v) is 9.41. The van der Waals surface area contributed by atoms with Crippen molar-refractivity contribution < 1.29 is 19.2 Å². The number of carbonyl (C=O) groups excluding carboxylic acids is 4. The molecule has 0 radical (unpaired) electrons. The van der Waals surface area contributed by atoms with E-state index in [1.165, 1.54) is 0 Å². The van der Waals surface area contributed by atoms with Gasteiger partial charge in [-0.2, -0.15) is 0 Å². The Balaban J connectivity index is 1.76. The molecule has 2 saturated heterocycles. The number of likely N-dealkylation sites (N-methyl/N-ethyl adjacent to an activating group) is 1. The normalized spacial score (nSPS) is 23.9. The Labute approximate surface area is 254 Å². The average Bonchev–Trinajstić information content (AvgIpc) is 3.40. The van der Waals surface area contributed by atoms with Gasteiger partial charge in [0.15, 0.2) is 0 Å². The Morgan fingerprint density at radius 2 is 1.50 bits per heavy atom. The van der Waals surface area contributed by atoms with Gasteiger partial charge in [0.05, 0.1) is 12.1 Å². The Kier molecular flexibility index (Phi) is 11.7. The maximum atomic E-state index is 14.1. The highest BCUT2D eigenvalue weighted by atomic mass is 16.2. The van der Waals surface area contributed by atoms with Crippen LogP contribution in [0.25, 0.3) is 0 Å². The molecular formula is C33H57N5O4. The molecule has 2 aliphatic heterocycles. The van der Waals surface area contributed by atoms with E-state index >= 15 is 0 Å². The molecule has 0 bridgehead atoms. The molecule has 3 rings (SSSR count). The molecule has 3 fully saturated rings. The second kappa shape index (κ2) is 14.4. The van der Waals surface area contributed by atoms with Gasteiger partial charge in [0, 0.05) is 31.2 Å². The van der Waals surface area contributed by atoms with Crippen molar-refractivity contribution in [2.24, 2.45) is 11.3 Å². The van der Waals surface area contributed by atoms with Gasteiger partial charge in [-0.15, -0.1) is 0 Å². The van der Waals surface area contributed by atoms with E-state index in [0.717, 1.165) is 51.5 Å². The molecule has 238 valence electrons. The molecule has 1 aliphatic carbocycles. The van der Waals surface area contributed by atoms with Crippen LogP contribution < -0.4 is 10.6 Å². The van der Waals surface area contributed by atoms with Crippen LogP contribution in [0.15, 0.2) is 11.6 Å². The number of piperidine rings is 1. The highest BCUT2D eigenvalue weighted by Crippen LogP contribution is 2.27. The summed E-state index contributed by atoms with van der Waals surface area (Å²) in [6.07, 6.45) is 9.37. The average molecular weight is 588 g/mol. The topological polar surface area (TPSA) is 102 Å². The monoisotopic (exact) mass is 587 g/mol. The molecule has 2 unspecified atom stereocenters. The van der Waals surface area contributed by atoms with Crippen LogP contribution in [0.1, 0.15) is 107 Å². The van der Waals surface area contributed by atoms with Crippen molar-refractivity contribution in [1.82, 2.24) is 25.3 Å². The SMILES string of the molecule is C/C(=C\[C@H](C(C)C)N(C)C(=O)C(NC(=O)[C@H]1CCCCN1C(C)C)C(C)(C)C)C(=O)N1CCCC1C(=O)NC1CCC1. The molecule has 0 spiro atoms. The van der Waals surface area contributed by atoms with Gasteiger partial charge < -0.3 is 20.4 Å². The summed E-state index contributed by atoms with van der Waals surface area (Å²) in [4.78, 5) is 59.8. The van der Waals surface area contributed by atoms with Gasteiger partial charge in [-0.1, -0.05) is 47.1 Å². The van der Waals surface area contributed by atoms with E-state index in [0.29, 0.717) is 18.5 Å². The molecule has 42 heavy (non-hydrogen) atoms. The Hall–Kier alpha value is -2.42. The highest BCUT2D eigenvalue weighted by molar-refractivity contribution is 5.97. The standard InChI is InChI=1S/C33H57N5O4/c1-21(2)27(20-23(5)31(41)38-19-13-17-26(38)29(39)34-24-14-12-15-24)36(9)32(42)28(33(6,7)8)35-30(40)25-16-10-11-18-37(25)22(3)4/h20-22,24-28H,10-19H2,1-9H3,(H,34,39)(H,35,40)/b23-20+/t25-,26?,27-,28?/m1/s1. The summed E-state index contributed by atoms with van der Waals surface area (Å²) in [5.41, 5.74) is 0.0215. The van der Waals surface area contributed by atoms with E-state index in [4.69, 9.17) is 0 Å². The first-order valence-electron chi connectivity index (χ1n) is 16.3. The molecule has 9 heteroatoms. The smallest absolute Gasteiger partial charge is 0.249 e. The van der Waals surface area contributed by atoms with Crippen molar-refractivity contribution in [3.63, 3.8) is 0 Å². The van der Waals surface area contributed by atoms with Crippen molar-refractivity contribution in [2.45, 2.75) is 143 Å². The summed E-state index contributed by atoms with van der Waals surface area (Å²) in [6, 6.07) is -1.26. The number of hydrogen-bond donors (Lipinski definition) is 2. The second-order valence-corrected chi connectivity index (χ2v) is 14.5. The van der Waals surface area contributed by atoms with Crippen molar-refractivity contribution >= 4 is 23.6 Å². The van der Waals surface area contributed by atoms with E-state index in [1.807, 2.05) is 40.7 Å². The van der Waals surface area contributed by atoms with Gasteiger partial charge in [0.25, 0.3) is 0 Å². The third-order valence-electron chi connectivity index (χ3n) is 9.41. The third kappa shape index (κ3) is 8.14. The number of likely N-dealkylation sites (tertiary alicyclic amines) is 2. The Morgan fingerprint density at radius 3 is 2.05 bits per heavy atom. The minimum absolute atomic E-state index is 0.0316. The maximum Gasteiger partial charge on any atom is 0.249 e. The van der Waals surface area contributed by atoms with Gasteiger partial charge in [0.1, 0.15) is 12.1 Å². The molecule has 4 amide bonds. The van der Waals surface area contributed by atoms with Crippen molar-refractivity contribution in [3.05, 3.63) is 11.6 Å². The first kappa shape index (κ1) is 34.1. The maximum absolute atomic E-state index is 14.1. The molecule has 9 nitrogen and oxygen atoms in total. The highest BCUT2D eigenvalue weighted by Gasteiger charge is 2.40. The second-order valence-electron chi connectivity index (χ2n) is 14.5. The first-order chi connectivity index (χ1) is 19.6. The van der Waals surface area contributed by atoms with Crippen LogP contribution in [0.5, 0.6) is 0 Å². The number of hydrogen-bond acceptors (Lipinski definition) is 5. The van der Waals surface area contributed by atoms with Crippen molar-refractivity contribution in [3.8, 4) is 0 Å². The summed E-state index contributed by atoms with van der Waals surface area (Å²) in [5, 5.41) is 6.24. The van der Waals surface area contributed by atoms with Crippen LogP contribution in [-0.4, -0.2) is 94.7 Å². The van der Waals surface area contributed by atoms with Gasteiger partial charge >= 0.3 is 0 Å². The molecule has 1 saturated carbocycles. The molecule has 0 aromatic heterocycles. The van der Waals surface area contributed by atoms with E-state index < -0.39 is 17.5 Å². The molecule has 0 aromatic rings. The minimum atomic E-state index is -0.713. The molecule has 0 aromatic carbocycles. The fourth-order valence-corrected chi connectivity index (χ4v) is 6.53. The largest absolute Gasteiger partial charge is 0.352 e. The molecule has 4 atom stereocenters. The van der Waals surface area contributed by atoms with E-state index in [1.54, 1.807) is 23.8 Å². The molecular weight excluding hydrogens is 530 g/mol. The Bertz CT molecular complexity index is 1010. The summed E-state index contributed by atoms with van der Waals surface area (Å²) in [5.74, 6) is -0.433. The van der Waals surface area contributed by atoms with E-state index in [-0.39, 0.29) is 53.7 Å². The number of amides is 4. The summed E-state index contributed by atoms with van der Waals surface area (Å²) in [6.45, 7) is 17.4. The van der Waals surface area contributed by atoms with Crippen LogP contribution in [0.3, 0.4) is 0 Å². The van der Waals surface area contributed by atoms with E-state index in [2.05, 4.69) is 29.4 Å². The molecule has 3 aliphatic rings. The van der Waals surface area contributed by atoms with Crippen molar-refractivity contribution in [1.29, 1.82) is 0 Å². The zero-order chi connectivity index (χ0) is 31.4. The zero-order valence-electron chi connectivity index (χ0n) is 27.7. The predicted octanol–water partition coefficient (Wildman–Crippen LogP) is 3.87. The summed E-state index contributed by atoms with van der Waals surface area (Å²) < 4.78 is 0. The molecule has 2 heterocycles. The predicted molar refractivity (Wildman–Crippen MR) is 167 cm³/mol. The van der Waals surface area contributed by atoms with Gasteiger partial charge in [-0.25, -0.2) is 0 Å². The van der Waals surface area contributed by atoms with Crippen LogP contribution in [0.4, 0.5) is 0 Å². The fraction of sp³-hybridized carbons (Fsp3) is 0.818. The molecule has 2 N–H and O–H groups in total. The van der Waals surface area contributed by atoms with Gasteiger partial charge in [-0.3, -0.25) is 24.1 Å². The number of nitrogens with zero attached hydrogens (tertiary/aromatic N) is 3. The van der Waals surface area contributed by atoms with Crippen LogP contribution >= 0.6 is 0 Å². The fourth-order valence-electron chi connectivity index (χ4n) is 6.53. The lowest BCUT2D eigenvalue weighted by molar-refractivity contribution is -0.142. The number of carbonyl (C=O) groups is 4. The van der Waals surface area contributed by atoms with Crippen molar-refractivity contribution in [2.75, 3.05) is 20.1 Å². The lowest BCUT2D eigenvalue weighted by atomic mass is 9.84. The number of nitrogens with one attached hydrogen (secondary N) is 2. The lowest BCUT2D eigenvalue weighted by Gasteiger charge is -2.41. The van der Waals surface area contributed by atoms with Crippen LogP contribution in [0.2, 0.25) is 0 Å². The number of rotatable bonds is 10. The summed E-state index contributed by atoms with van der Waals surface area (Å²) >= 11 is 0. The quantitative estimate of drug-likeness (QED) is 0.378. The zero-order valence-corrected chi connectivity index (χ0v) is 27.7.